The lowest BCUT2D eigenvalue weighted by atomic mass is 9.99. The minimum Gasteiger partial charge on any atom is -0.321 e. The Morgan fingerprint density at radius 1 is 1.11 bits per heavy atom. The average molecular weight is 463 g/mol. The van der Waals surface area contributed by atoms with E-state index < -0.39 is 0 Å². The fraction of sp³-hybridized carbons (Fsp3) is 0.214. The Morgan fingerprint density at radius 3 is 2.71 bits per heavy atom. The summed E-state index contributed by atoms with van der Waals surface area (Å²) < 4.78 is 1.58. The molecule has 1 atom stereocenters. The summed E-state index contributed by atoms with van der Waals surface area (Å²) in [5, 5.41) is 11.2. The first kappa shape index (κ1) is 22.5. The first-order valence-corrected chi connectivity index (χ1v) is 11.7. The molecule has 1 unspecified atom stereocenters. The van der Waals surface area contributed by atoms with Gasteiger partial charge in [-0.2, -0.15) is 5.10 Å². The largest absolute Gasteiger partial charge is 0.321 e. The molecule has 0 aliphatic heterocycles. The van der Waals surface area contributed by atoms with Crippen molar-refractivity contribution in [3.63, 3.8) is 0 Å². The summed E-state index contributed by atoms with van der Waals surface area (Å²) in [6.45, 7) is 10.1. The van der Waals surface area contributed by atoms with Gasteiger partial charge in [-0.3, -0.25) is 9.78 Å². The molecular weight excluding hydrogens is 436 g/mol. The molecule has 7 heteroatoms. The molecular formula is C28H26N6O. The van der Waals surface area contributed by atoms with Crippen LogP contribution >= 0.6 is 0 Å². The molecule has 0 radical (unpaired) electrons. The lowest BCUT2D eigenvalue weighted by Crippen LogP contribution is -2.25. The van der Waals surface area contributed by atoms with Crippen molar-refractivity contribution in [3.8, 4) is 5.69 Å². The van der Waals surface area contributed by atoms with Crippen molar-refractivity contribution < 1.29 is 4.79 Å². The van der Waals surface area contributed by atoms with Gasteiger partial charge < -0.3 is 10.6 Å². The number of hydrogen-bond donors (Lipinski definition) is 2. The third-order valence-electron chi connectivity index (χ3n) is 6.07. The minimum absolute atomic E-state index is 0.00899. The van der Waals surface area contributed by atoms with Gasteiger partial charge in [0.05, 0.1) is 24.0 Å². The Labute approximate surface area is 204 Å². The summed E-state index contributed by atoms with van der Waals surface area (Å²) in [7, 11) is 0. The van der Waals surface area contributed by atoms with Crippen molar-refractivity contribution in [3.05, 3.63) is 113 Å². The van der Waals surface area contributed by atoms with Crippen molar-refractivity contribution >= 4 is 17.3 Å². The lowest BCUT2D eigenvalue weighted by Gasteiger charge is -2.20. The number of benzene rings is 2. The smallest absolute Gasteiger partial charge is 0.274 e. The predicted molar refractivity (Wildman–Crippen MR) is 136 cm³/mol. The maximum atomic E-state index is 13.3. The molecule has 0 saturated heterocycles. The number of aryl methyl sites for hydroxylation is 1. The summed E-state index contributed by atoms with van der Waals surface area (Å²) in [5.74, 6) is 0.474. The van der Waals surface area contributed by atoms with E-state index in [-0.39, 0.29) is 11.9 Å². The van der Waals surface area contributed by atoms with E-state index in [1.165, 1.54) is 12.8 Å². The second-order valence-electron chi connectivity index (χ2n) is 8.87. The Kier molecular flexibility index (Phi) is 6.38. The molecule has 4 aromatic rings. The van der Waals surface area contributed by atoms with Crippen LogP contribution in [0.15, 0.2) is 79.1 Å². The van der Waals surface area contributed by atoms with E-state index in [0.29, 0.717) is 22.8 Å². The van der Waals surface area contributed by atoms with Gasteiger partial charge in [0, 0.05) is 18.1 Å². The molecule has 2 aromatic heterocycles. The monoisotopic (exact) mass is 462 g/mol. The molecule has 174 valence electrons. The number of hydrogen-bond acceptors (Lipinski definition) is 4. The summed E-state index contributed by atoms with van der Waals surface area (Å²) in [6.07, 6.45) is 6.20. The van der Waals surface area contributed by atoms with Crippen LogP contribution in [0.2, 0.25) is 0 Å². The Balaban J connectivity index is 1.40. The van der Waals surface area contributed by atoms with Gasteiger partial charge in [-0.25, -0.2) is 9.53 Å². The molecule has 35 heavy (non-hydrogen) atoms. The third kappa shape index (κ3) is 5.29. The first-order chi connectivity index (χ1) is 17.1. The number of nitrogens with one attached hydrogen (secondary N) is 2. The standard InChI is InChI=1S/C28H26N6O/c1-19-14-26(34(33-19)25-10-4-8-23(16-25)29-2)28(35)32-24-9-3-6-21(15-24)27(31-17-20-11-12-20)22-7-5-13-30-18-22/h3-10,13-16,18,20,27,31H,11-12,17H2,1H3,(H,32,35). The third-order valence-corrected chi connectivity index (χ3v) is 6.07. The van der Waals surface area contributed by atoms with Crippen LogP contribution in [0.3, 0.4) is 0 Å². The molecule has 1 aliphatic rings. The summed E-state index contributed by atoms with van der Waals surface area (Å²) in [4.78, 5) is 21.1. The maximum Gasteiger partial charge on any atom is 0.274 e. The van der Waals surface area contributed by atoms with Crippen molar-refractivity contribution in [1.29, 1.82) is 0 Å². The highest BCUT2D eigenvalue weighted by atomic mass is 16.2. The Bertz CT molecular complexity index is 1380. The number of pyridine rings is 1. The maximum absolute atomic E-state index is 13.3. The van der Waals surface area contributed by atoms with Crippen LogP contribution in [0.1, 0.15) is 46.2 Å². The van der Waals surface area contributed by atoms with Gasteiger partial charge in [0.25, 0.3) is 5.91 Å². The van der Waals surface area contributed by atoms with Crippen molar-refractivity contribution in [2.45, 2.75) is 25.8 Å². The van der Waals surface area contributed by atoms with Gasteiger partial charge in [0.15, 0.2) is 5.69 Å². The second kappa shape index (κ2) is 9.92. The van der Waals surface area contributed by atoms with E-state index >= 15 is 0 Å². The Morgan fingerprint density at radius 2 is 1.94 bits per heavy atom. The fourth-order valence-corrected chi connectivity index (χ4v) is 4.12. The van der Waals surface area contributed by atoms with Gasteiger partial charge in [-0.15, -0.1) is 0 Å². The molecule has 1 fully saturated rings. The lowest BCUT2D eigenvalue weighted by molar-refractivity contribution is 0.101. The zero-order chi connectivity index (χ0) is 24.2. The number of nitrogens with zero attached hydrogens (tertiary/aromatic N) is 4. The molecule has 5 rings (SSSR count). The molecule has 2 N–H and O–H groups in total. The molecule has 7 nitrogen and oxygen atoms in total. The fourth-order valence-electron chi connectivity index (χ4n) is 4.12. The predicted octanol–water partition coefficient (Wildman–Crippen LogP) is 5.47. The van der Waals surface area contributed by atoms with Crippen LogP contribution in [0.25, 0.3) is 10.5 Å². The van der Waals surface area contributed by atoms with E-state index in [1.54, 1.807) is 35.1 Å². The normalized spacial score (nSPS) is 13.7. The van der Waals surface area contributed by atoms with Gasteiger partial charge in [-0.1, -0.05) is 30.3 Å². The van der Waals surface area contributed by atoms with E-state index in [1.807, 2.05) is 43.5 Å². The van der Waals surface area contributed by atoms with Gasteiger partial charge in [0.1, 0.15) is 5.69 Å². The van der Waals surface area contributed by atoms with Crippen LogP contribution in [0.4, 0.5) is 11.4 Å². The molecule has 0 bridgehead atoms. The molecule has 2 aromatic carbocycles. The van der Waals surface area contributed by atoms with Crippen molar-refractivity contribution in [2.75, 3.05) is 11.9 Å². The molecule has 1 aliphatic carbocycles. The number of amides is 1. The number of rotatable bonds is 8. The first-order valence-electron chi connectivity index (χ1n) is 11.7. The van der Waals surface area contributed by atoms with Crippen LogP contribution in [-0.4, -0.2) is 27.2 Å². The number of carbonyl (C=O) groups excluding carboxylic acids is 1. The topological polar surface area (TPSA) is 76.2 Å². The zero-order valence-electron chi connectivity index (χ0n) is 19.5. The highest BCUT2D eigenvalue weighted by Gasteiger charge is 2.24. The van der Waals surface area contributed by atoms with Crippen LogP contribution < -0.4 is 10.6 Å². The molecule has 2 heterocycles. The summed E-state index contributed by atoms with van der Waals surface area (Å²) in [6, 6.07) is 20.7. The highest BCUT2D eigenvalue weighted by molar-refractivity contribution is 6.03. The van der Waals surface area contributed by atoms with E-state index in [2.05, 4.69) is 37.7 Å². The SMILES string of the molecule is [C-]#[N+]c1cccc(-n2nc(C)cc2C(=O)Nc2cccc(C(NCC3CC3)c3cccnc3)c2)c1. The van der Waals surface area contributed by atoms with Gasteiger partial charge in [0.2, 0.25) is 0 Å². The Hall–Kier alpha value is -4.28. The van der Waals surface area contributed by atoms with E-state index in [4.69, 9.17) is 6.57 Å². The van der Waals surface area contributed by atoms with Gasteiger partial charge in [-0.05, 0) is 79.8 Å². The molecule has 0 spiro atoms. The average Bonchev–Trinajstić information content (AvgIpc) is 3.63. The number of anilines is 1. The quantitative estimate of drug-likeness (QED) is 0.341. The second-order valence-corrected chi connectivity index (χ2v) is 8.87. The van der Waals surface area contributed by atoms with Crippen LogP contribution in [-0.2, 0) is 0 Å². The molecule has 1 amide bonds. The number of aromatic nitrogens is 3. The summed E-state index contributed by atoms with van der Waals surface area (Å²) in [5.41, 5.74) is 5.15. The number of carbonyl (C=O) groups is 1. The van der Waals surface area contributed by atoms with E-state index in [0.717, 1.165) is 29.3 Å². The van der Waals surface area contributed by atoms with Crippen LogP contribution in [0, 0.1) is 19.4 Å². The van der Waals surface area contributed by atoms with E-state index in [9.17, 15) is 4.79 Å². The summed E-state index contributed by atoms with van der Waals surface area (Å²) >= 11 is 0. The zero-order valence-corrected chi connectivity index (χ0v) is 19.5. The highest BCUT2D eigenvalue weighted by Crippen LogP contribution is 2.30. The van der Waals surface area contributed by atoms with Crippen LogP contribution in [0.5, 0.6) is 0 Å². The van der Waals surface area contributed by atoms with Crippen molar-refractivity contribution in [1.82, 2.24) is 20.1 Å². The molecule has 1 saturated carbocycles. The van der Waals surface area contributed by atoms with Gasteiger partial charge >= 0.3 is 0 Å². The minimum atomic E-state index is -0.264. The van der Waals surface area contributed by atoms with Crippen molar-refractivity contribution in [2.24, 2.45) is 5.92 Å².